The first kappa shape index (κ1) is 17.5. The largest absolute Gasteiger partial charge is 0.494 e. The molecule has 1 N–H and O–H groups in total. The van der Waals surface area contributed by atoms with Crippen LogP contribution >= 0.6 is 0 Å². The third-order valence-corrected chi connectivity index (χ3v) is 3.71. The van der Waals surface area contributed by atoms with Crippen molar-refractivity contribution in [3.63, 3.8) is 0 Å². The molecule has 0 aliphatic rings. The summed E-state index contributed by atoms with van der Waals surface area (Å²) in [5.41, 5.74) is 1.78. The predicted molar refractivity (Wildman–Crippen MR) is 94.7 cm³/mol. The van der Waals surface area contributed by atoms with E-state index < -0.39 is 5.56 Å². The number of unbranched alkanes of at least 4 members (excludes halogenated alkanes) is 2. The molecule has 5 nitrogen and oxygen atoms in total. The molecule has 0 saturated carbocycles. The van der Waals surface area contributed by atoms with Crippen LogP contribution in [0.2, 0.25) is 0 Å². The minimum Gasteiger partial charge on any atom is -0.494 e. The van der Waals surface area contributed by atoms with Crippen LogP contribution < -0.4 is 10.3 Å². The Hall–Kier alpha value is -2.87. The van der Waals surface area contributed by atoms with E-state index in [1.807, 2.05) is 36.4 Å². The Balaban J connectivity index is 2.05. The fourth-order valence-electron chi connectivity index (χ4n) is 2.24. The van der Waals surface area contributed by atoms with Crippen molar-refractivity contribution < 1.29 is 4.74 Å². The second-order valence-electron chi connectivity index (χ2n) is 5.51. The molecule has 5 heteroatoms. The van der Waals surface area contributed by atoms with Crippen molar-refractivity contribution in [2.45, 2.75) is 33.1 Å². The molecule has 0 spiro atoms. The van der Waals surface area contributed by atoms with Crippen LogP contribution in [0.5, 0.6) is 5.75 Å². The maximum absolute atomic E-state index is 11.5. The summed E-state index contributed by atoms with van der Waals surface area (Å²) in [6, 6.07) is 9.68. The number of benzene rings is 1. The summed E-state index contributed by atoms with van der Waals surface area (Å²) in [4.78, 5) is 11.5. The van der Waals surface area contributed by atoms with Gasteiger partial charge in [0.15, 0.2) is 0 Å². The number of hydrogen-bond acceptors (Lipinski definition) is 4. The van der Waals surface area contributed by atoms with E-state index >= 15 is 0 Å². The highest BCUT2D eigenvalue weighted by molar-refractivity contribution is 5.70. The van der Waals surface area contributed by atoms with Crippen molar-refractivity contribution in [2.24, 2.45) is 0 Å². The van der Waals surface area contributed by atoms with Crippen LogP contribution in [0.3, 0.4) is 0 Å². The van der Waals surface area contributed by atoms with E-state index in [0.29, 0.717) is 11.3 Å². The van der Waals surface area contributed by atoms with Crippen LogP contribution in [0, 0.1) is 18.3 Å². The van der Waals surface area contributed by atoms with E-state index in [0.717, 1.165) is 24.3 Å². The van der Waals surface area contributed by atoms with Crippen LogP contribution in [-0.4, -0.2) is 16.8 Å². The van der Waals surface area contributed by atoms with Crippen molar-refractivity contribution in [1.82, 2.24) is 10.2 Å². The molecule has 1 aromatic heterocycles. The number of nitrogens with one attached hydrogen (secondary N) is 1. The standard InChI is InChI=1S/C19H21N3O2/c1-3-4-5-12-24-16-9-6-15(7-10-16)8-11-18-14(2)17(13-20)19(23)22-21-18/h6-11H,3-5,12H2,1-2H3,(H,22,23)/b11-8+. The Kier molecular flexibility index (Phi) is 6.32. The molecule has 2 rings (SSSR count). The van der Waals surface area contributed by atoms with Crippen LogP contribution in [0.25, 0.3) is 12.2 Å². The van der Waals surface area contributed by atoms with Gasteiger partial charge in [0.05, 0.1) is 12.3 Å². The van der Waals surface area contributed by atoms with Gasteiger partial charge in [-0.05, 0) is 42.7 Å². The van der Waals surface area contributed by atoms with Crippen LogP contribution in [0.1, 0.15) is 48.6 Å². The summed E-state index contributed by atoms with van der Waals surface area (Å²) < 4.78 is 5.68. The van der Waals surface area contributed by atoms with E-state index in [1.54, 1.807) is 13.0 Å². The number of aromatic amines is 1. The van der Waals surface area contributed by atoms with Gasteiger partial charge in [-0.15, -0.1) is 0 Å². The number of ether oxygens (including phenoxy) is 1. The highest BCUT2D eigenvalue weighted by atomic mass is 16.5. The number of hydrogen-bond donors (Lipinski definition) is 1. The van der Waals surface area contributed by atoms with Gasteiger partial charge in [-0.1, -0.05) is 38.0 Å². The molecule has 0 amide bonds. The lowest BCUT2D eigenvalue weighted by molar-refractivity contribution is 0.306. The SMILES string of the molecule is CCCCCOc1ccc(/C=C/c2n[nH]c(=O)c(C#N)c2C)cc1. The lowest BCUT2D eigenvalue weighted by atomic mass is 10.1. The third kappa shape index (κ3) is 4.56. The highest BCUT2D eigenvalue weighted by Gasteiger charge is 2.07. The van der Waals surface area contributed by atoms with E-state index in [2.05, 4.69) is 17.1 Å². The molecule has 2 aromatic rings. The van der Waals surface area contributed by atoms with Crippen molar-refractivity contribution in [3.05, 3.63) is 57.0 Å². The zero-order valence-electron chi connectivity index (χ0n) is 14.0. The summed E-state index contributed by atoms with van der Waals surface area (Å²) in [5, 5.41) is 15.3. The Morgan fingerprint density at radius 3 is 2.67 bits per heavy atom. The smallest absolute Gasteiger partial charge is 0.282 e. The van der Waals surface area contributed by atoms with Gasteiger partial charge >= 0.3 is 0 Å². The molecular weight excluding hydrogens is 302 g/mol. The molecule has 0 radical (unpaired) electrons. The van der Waals surface area contributed by atoms with E-state index in [4.69, 9.17) is 10.00 Å². The fourth-order valence-corrected chi connectivity index (χ4v) is 2.24. The van der Waals surface area contributed by atoms with Gasteiger partial charge in [-0.3, -0.25) is 4.79 Å². The Labute approximate surface area is 141 Å². The maximum atomic E-state index is 11.5. The third-order valence-electron chi connectivity index (χ3n) is 3.71. The van der Waals surface area contributed by atoms with Gasteiger partial charge < -0.3 is 4.74 Å². The molecule has 0 aliphatic carbocycles. The quantitative estimate of drug-likeness (QED) is 0.788. The average Bonchev–Trinajstić information content (AvgIpc) is 2.59. The predicted octanol–water partition coefficient (Wildman–Crippen LogP) is 3.69. The van der Waals surface area contributed by atoms with E-state index in [1.165, 1.54) is 12.8 Å². The summed E-state index contributed by atoms with van der Waals surface area (Å²) in [5.74, 6) is 0.855. The monoisotopic (exact) mass is 323 g/mol. The van der Waals surface area contributed by atoms with Gasteiger partial charge in [0, 0.05) is 0 Å². The van der Waals surface area contributed by atoms with Crippen molar-refractivity contribution in [2.75, 3.05) is 6.61 Å². The first-order valence-electron chi connectivity index (χ1n) is 8.06. The maximum Gasteiger partial charge on any atom is 0.282 e. The second-order valence-corrected chi connectivity index (χ2v) is 5.51. The lowest BCUT2D eigenvalue weighted by Gasteiger charge is -2.05. The van der Waals surface area contributed by atoms with Crippen molar-refractivity contribution in [3.8, 4) is 11.8 Å². The minimum atomic E-state index is -0.461. The van der Waals surface area contributed by atoms with Gasteiger partial charge in [0.25, 0.3) is 5.56 Å². The number of rotatable bonds is 7. The number of nitrogens with zero attached hydrogens (tertiary/aromatic N) is 2. The minimum absolute atomic E-state index is 0.0977. The highest BCUT2D eigenvalue weighted by Crippen LogP contribution is 2.15. The molecule has 0 aliphatic heterocycles. The molecule has 1 heterocycles. The molecule has 0 bridgehead atoms. The fraction of sp³-hybridized carbons (Fsp3) is 0.316. The average molecular weight is 323 g/mol. The van der Waals surface area contributed by atoms with E-state index in [-0.39, 0.29) is 5.56 Å². The van der Waals surface area contributed by atoms with Gasteiger partial charge in [0.1, 0.15) is 17.4 Å². The van der Waals surface area contributed by atoms with Crippen LogP contribution in [0.4, 0.5) is 0 Å². The molecule has 1 aromatic carbocycles. The molecule has 0 unspecified atom stereocenters. The first-order chi connectivity index (χ1) is 11.7. The van der Waals surface area contributed by atoms with Gasteiger partial charge in [0.2, 0.25) is 0 Å². The van der Waals surface area contributed by atoms with Gasteiger partial charge in [-0.25, -0.2) is 5.10 Å². The van der Waals surface area contributed by atoms with Gasteiger partial charge in [-0.2, -0.15) is 10.4 Å². The lowest BCUT2D eigenvalue weighted by Crippen LogP contribution is -2.15. The summed E-state index contributed by atoms with van der Waals surface area (Å²) in [6.45, 7) is 4.62. The molecule has 0 fully saturated rings. The molecule has 24 heavy (non-hydrogen) atoms. The number of aromatic nitrogens is 2. The van der Waals surface area contributed by atoms with Crippen LogP contribution in [-0.2, 0) is 0 Å². The van der Waals surface area contributed by atoms with Crippen molar-refractivity contribution in [1.29, 1.82) is 5.26 Å². The summed E-state index contributed by atoms with van der Waals surface area (Å²) in [6.07, 6.45) is 7.09. The first-order valence-corrected chi connectivity index (χ1v) is 8.06. The molecular formula is C19H21N3O2. The zero-order valence-corrected chi connectivity index (χ0v) is 14.0. The van der Waals surface area contributed by atoms with Crippen LogP contribution in [0.15, 0.2) is 29.1 Å². The second kappa shape index (κ2) is 8.68. The zero-order chi connectivity index (χ0) is 17.4. The van der Waals surface area contributed by atoms with E-state index in [9.17, 15) is 4.79 Å². The summed E-state index contributed by atoms with van der Waals surface area (Å²) in [7, 11) is 0. The van der Waals surface area contributed by atoms with Crippen molar-refractivity contribution >= 4 is 12.2 Å². The Morgan fingerprint density at radius 2 is 2.00 bits per heavy atom. The Bertz CT molecular complexity index is 799. The number of nitriles is 1. The number of H-pyrrole nitrogens is 1. The molecule has 0 saturated heterocycles. The molecule has 0 atom stereocenters. The normalized spacial score (nSPS) is 10.7. The topological polar surface area (TPSA) is 78.8 Å². The molecule has 124 valence electrons. The summed E-state index contributed by atoms with van der Waals surface area (Å²) >= 11 is 0. The Morgan fingerprint density at radius 1 is 1.25 bits per heavy atom.